The van der Waals surface area contributed by atoms with Gasteiger partial charge >= 0.3 is 0 Å². The number of hydrogen-bond donors (Lipinski definition) is 0. The molecule has 1 heterocycles. The first-order chi connectivity index (χ1) is 7.13. The van der Waals surface area contributed by atoms with Crippen molar-refractivity contribution < 1.29 is 0 Å². The van der Waals surface area contributed by atoms with E-state index in [0.29, 0.717) is 0 Å². The molecule has 0 aliphatic carbocycles. The van der Waals surface area contributed by atoms with Crippen LogP contribution in [-0.4, -0.2) is 4.57 Å². The Balaban J connectivity index is 2.69. The summed E-state index contributed by atoms with van der Waals surface area (Å²) in [6, 6.07) is 10.5. The van der Waals surface area contributed by atoms with E-state index in [4.69, 9.17) is 0 Å². The second-order valence-electron chi connectivity index (χ2n) is 4.09. The van der Waals surface area contributed by atoms with Gasteiger partial charge in [-0.2, -0.15) is 0 Å². The fourth-order valence-corrected chi connectivity index (χ4v) is 2.09. The summed E-state index contributed by atoms with van der Waals surface area (Å²) in [4.78, 5) is 0. The van der Waals surface area contributed by atoms with Crippen LogP contribution in [0.1, 0.15) is 22.5 Å². The Bertz CT molecular complexity index is 452. The van der Waals surface area contributed by atoms with Crippen molar-refractivity contribution in [2.75, 3.05) is 0 Å². The second-order valence-corrected chi connectivity index (χ2v) is 4.09. The van der Waals surface area contributed by atoms with Crippen LogP contribution in [0.3, 0.4) is 0 Å². The van der Waals surface area contributed by atoms with Crippen LogP contribution in [0.2, 0.25) is 0 Å². The van der Waals surface area contributed by atoms with Gasteiger partial charge < -0.3 is 4.57 Å². The van der Waals surface area contributed by atoms with Gasteiger partial charge in [0.25, 0.3) is 0 Å². The Labute approximate surface area is 91.4 Å². The van der Waals surface area contributed by atoms with E-state index in [1.807, 2.05) is 0 Å². The van der Waals surface area contributed by atoms with Gasteiger partial charge in [0.2, 0.25) is 0 Å². The van der Waals surface area contributed by atoms with Crippen LogP contribution in [-0.2, 0) is 0 Å². The Morgan fingerprint density at radius 1 is 0.733 bits per heavy atom. The standard InChI is InChI=1S/C14H17N/c1-10-11(2)13(4)15(12(10)3)14-8-6-5-7-9-14/h5-9H,1-4H3. The van der Waals surface area contributed by atoms with Crippen molar-refractivity contribution >= 4 is 0 Å². The van der Waals surface area contributed by atoms with Crippen LogP contribution >= 0.6 is 0 Å². The van der Waals surface area contributed by atoms with Crippen LogP contribution in [0.15, 0.2) is 30.3 Å². The monoisotopic (exact) mass is 199 g/mol. The van der Waals surface area contributed by atoms with E-state index < -0.39 is 0 Å². The first-order valence-electron chi connectivity index (χ1n) is 5.33. The molecule has 0 saturated heterocycles. The molecular formula is C14H17N. The Hall–Kier alpha value is -1.50. The molecule has 78 valence electrons. The molecule has 0 aliphatic heterocycles. The minimum Gasteiger partial charge on any atom is -0.318 e. The molecule has 0 atom stereocenters. The van der Waals surface area contributed by atoms with Gasteiger partial charge in [0, 0.05) is 17.1 Å². The third-order valence-electron chi connectivity index (χ3n) is 3.33. The van der Waals surface area contributed by atoms with E-state index in [1.54, 1.807) is 0 Å². The zero-order chi connectivity index (χ0) is 11.0. The van der Waals surface area contributed by atoms with Crippen molar-refractivity contribution in [1.82, 2.24) is 4.57 Å². The molecule has 0 N–H and O–H groups in total. The predicted octanol–water partition coefficient (Wildman–Crippen LogP) is 3.71. The van der Waals surface area contributed by atoms with Gasteiger partial charge in [-0.15, -0.1) is 0 Å². The quantitative estimate of drug-likeness (QED) is 0.659. The molecular weight excluding hydrogens is 182 g/mol. The van der Waals surface area contributed by atoms with Gasteiger partial charge in [-0.05, 0) is 51.0 Å². The summed E-state index contributed by atoms with van der Waals surface area (Å²) < 4.78 is 2.32. The summed E-state index contributed by atoms with van der Waals surface area (Å²) >= 11 is 0. The molecule has 1 aromatic heterocycles. The third-order valence-corrected chi connectivity index (χ3v) is 3.33. The van der Waals surface area contributed by atoms with Crippen molar-refractivity contribution in [2.24, 2.45) is 0 Å². The molecule has 1 heteroatoms. The van der Waals surface area contributed by atoms with Crippen molar-refractivity contribution in [3.63, 3.8) is 0 Å². The molecule has 0 spiro atoms. The number of nitrogens with zero attached hydrogens (tertiary/aromatic N) is 1. The second kappa shape index (κ2) is 3.58. The summed E-state index contributed by atoms with van der Waals surface area (Å²) in [6.07, 6.45) is 0. The lowest BCUT2D eigenvalue weighted by atomic mass is 10.2. The van der Waals surface area contributed by atoms with Crippen LogP contribution < -0.4 is 0 Å². The maximum Gasteiger partial charge on any atom is 0.0455 e. The lowest BCUT2D eigenvalue weighted by Gasteiger charge is -2.09. The molecule has 1 nitrogen and oxygen atoms in total. The fraction of sp³-hybridized carbons (Fsp3) is 0.286. The maximum atomic E-state index is 2.32. The molecule has 0 unspecified atom stereocenters. The van der Waals surface area contributed by atoms with Crippen LogP contribution in [0.4, 0.5) is 0 Å². The highest BCUT2D eigenvalue weighted by molar-refractivity contribution is 5.44. The van der Waals surface area contributed by atoms with Crippen LogP contribution in [0, 0.1) is 27.7 Å². The van der Waals surface area contributed by atoms with Crippen molar-refractivity contribution in [3.8, 4) is 5.69 Å². The Morgan fingerprint density at radius 2 is 1.20 bits per heavy atom. The molecule has 0 saturated carbocycles. The highest BCUT2D eigenvalue weighted by Gasteiger charge is 2.11. The van der Waals surface area contributed by atoms with E-state index in [9.17, 15) is 0 Å². The number of aromatic nitrogens is 1. The van der Waals surface area contributed by atoms with Crippen molar-refractivity contribution in [2.45, 2.75) is 27.7 Å². The van der Waals surface area contributed by atoms with Crippen LogP contribution in [0.25, 0.3) is 5.69 Å². The highest BCUT2D eigenvalue weighted by atomic mass is 15.0. The van der Waals surface area contributed by atoms with E-state index in [1.165, 1.54) is 28.2 Å². The zero-order valence-corrected chi connectivity index (χ0v) is 9.83. The Morgan fingerprint density at radius 3 is 1.67 bits per heavy atom. The molecule has 2 rings (SSSR count). The molecule has 0 radical (unpaired) electrons. The first-order valence-corrected chi connectivity index (χ1v) is 5.33. The zero-order valence-electron chi connectivity index (χ0n) is 9.83. The predicted molar refractivity (Wildman–Crippen MR) is 64.7 cm³/mol. The average Bonchev–Trinajstić information content (AvgIpc) is 2.45. The van der Waals surface area contributed by atoms with Crippen molar-refractivity contribution in [3.05, 3.63) is 52.8 Å². The van der Waals surface area contributed by atoms with E-state index in [2.05, 4.69) is 62.6 Å². The summed E-state index contributed by atoms with van der Waals surface area (Å²) in [5, 5.41) is 0. The molecule has 0 bridgehead atoms. The van der Waals surface area contributed by atoms with Crippen LogP contribution in [0.5, 0.6) is 0 Å². The molecule has 0 amide bonds. The average molecular weight is 199 g/mol. The normalized spacial score (nSPS) is 10.7. The molecule has 1 aromatic carbocycles. The molecule has 0 aliphatic rings. The number of rotatable bonds is 1. The highest BCUT2D eigenvalue weighted by Crippen LogP contribution is 2.24. The topological polar surface area (TPSA) is 4.93 Å². The lowest BCUT2D eigenvalue weighted by molar-refractivity contribution is 0.956. The largest absolute Gasteiger partial charge is 0.318 e. The summed E-state index contributed by atoms with van der Waals surface area (Å²) in [5.74, 6) is 0. The van der Waals surface area contributed by atoms with E-state index in [-0.39, 0.29) is 0 Å². The number of benzene rings is 1. The maximum absolute atomic E-state index is 2.32. The smallest absolute Gasteiger partial charge is 0.0455 e. The van der Waals surface area contributed by atoms with E-state index >= 15 is 0 Å². The summed E-state index contributed by atoms with van der Waals surface area (Å²) in [6.45, 7) is 8.75. The molecule has 15 heavy (non-hydrogen) atoms. The van der Waals surface area contributed by atoms with Gasteiger partial charge in [0.05, 0.1) is 0 Å². The number of hydrogen-bond acceptors (Lipinski definition) is 0. The van der Waals surface area contributed by atoms with Gasteiger partial charge in [0.15, 0.2) is 0 Å². The first kappa shape index (κ1) is 10.0. The minimum atomic E-state index is 1.25. The number of para-hydroxylation sites is 1. The van der Waals surface area contributed by atoms with Crippen molar-refractivity contribution in [1.29, 1.82) is 0 Å². The summed E-state index contributed by atoms with van der Waals surface area (Å²) in [7, 11) is 0. The van der Waals surface area contributed by atoms with Gasteiger partial charge in [0.1, 0.15) is 0 Å². The Kier molecular flexibility index (Phi) is 2.39. The third kappa shape index (κ3) is 1.48. The van der Waals surface area contributed by atoms with E-state index in [0.717, 1.165) is 0 Å². The molecule has 0 fully saturated rings. The van der Waals surface area contributed by atoms with Gasteiger partial charge in [-0.25, -0.2) is 0 Å². The lowest BCUT2D eigenvalue weighted by Crippen LogP contribution is -1.98. The fourth-order valence-electron chi connectivity index (χ4n) is 2.09. The minimum absolute atomic E-state index is 1.25. The van der Waals surface area contributed by atoms with Gasteiger partial charge in [-0.3, -0.25) is 0 Å². The molecule has 2 aromatic rings. The van der Waals surface area contributed by atoms with Gasteiger partial charge in [-0.1, -0.05) is 18.2 Å². The summed E-state index contributed by atoms with van der Waals surface area (Å²) in [5.41, 5.74) is 6.74. The SMILES string of the molecule is Cc1c(C)c(C)n(-c2ccccc2)c1C.